The minimum absolute atomic E-state index is 0.0157. The van der Waals surface area contributed by atoms with E-state index in [9.17, 15) is 24.9 Å². The van der Waals surface area contributed by atoms with Gasteiger partial charge in [0.05, 0.1) is 12.7 Å². The fourth-order valence-electron chi connectivity index (χ4n) is 1.34. The van der Waals surface area contributed by atoms with Crippen LogP contribution in [0.25, 0.3) is 0 Å². The van der Waals surface area contributed by atoms with Gasteiger partial charge in [-0.2, -0.15) is 0 Å². The first-order chi connectivity index (χ1) is 8.38. The van der Waals surface area contributed by atoms with Gasteiger partial charge in [-0.3, -0.25) is 0 Å². The molecule has 0 heterocycles. The smallest absolute Gasteiger partial charge is 0.337 e. The van der Waals surface area contributed by atoms with E-state index in [1.165, 1.54) is 6.07 Å². The van der Waals surface area contributed by atoms with Gasteiger partial charge in [-0.25, -0.2) is 9.59 Å². The zero-order valence-corrected chi connectivity index (χ0v) is 9.40. The fraction of sp³-hybridized carbons (Fsp3) is 0.273. The van der Waals surface area contributed by atoms with E-state index in [1.54, 1.807) is 0 Å². The predicted octanol–water partition coefficient (Wildman–Crippen LogP) is -0.342. The summed E-state index contributed by atoms with van der Waals surface area (Å²) in [6.07, 6.45) is -3.96. The normalized spacial score (nSPS) is 13.7. The summed E-state index contributed by atoms with van der Waals surface area (Å²) in [5.74, 6) is -2.80. The number of hydrogen-bond donors (Lipinski definition) is 4. The number of aliphatic carboxylic acids is 1. The van der Waals surface area contributed by atoms with Crippen molar-refractivity contribution in [2.45, 2.75) is 12.2 Å². The quantitative estimate of drug-likeness (QED) is 0.543. The zero-order valence-electron chi connectivity index (χ0n) is 9.40. The molecule has 0 aliphatic rings. The molecule has 0 saturated heterocycles. The molecule has 2 atom stereocenters. The second-order valence-corrected chi connectivity index (χ2v) is 3.49. The molecule has 4 N–H and O–H groups in total. The molecule has 1 aromatic rings. The van der Waals surface area contributed by atoms with Crippen molar-refractivity contribution in [1.29, 1.82) is 0 Å². The maximum atomic E-state index is 11.2. The summed E-state index contributed by atoms with van der Waals surface area (Å²) in [5, 5.41) is 36.8. The third-order valence-electron chi connectivity index (χ3n) is 2.32. The lowest BCUT2D eigenvalue weighted by Crippen LogP contribution is -2.27. The van der Waals surface area contributed by atoms with Crippen LogP contribution in [-0.4, -0.2) is 45.6 Å². The van der Waals surface area contributed by atoms with E-state index < -0.39 is 29.9 Å². The van der Waals surface area contributed by atoms with E-state index in [0.29, 0.717) is 0 Å². The molecule has 0 aliphatic carbocycles. The summed E-state index contributed by atoms with van der Waals surface area (Å²) in [4.78, 5) is 21.8. The molecule has 0 saturated carbocycles. The molecule has 0 amide bonds. The molecule has 1 rings (SSSR count). The lowest BCUT2D eigenvalue weighted by atomic mass is 10.0. The molecule has 98 valence electrons. The number of rotatable bonds is 4. The lowest BCUT2D eigenvalue weighted by Gasteiger charge is -2.16. The average molecular weight is 256 g/mol. The van der Waals surface area contributed by atoms with Gasteiger partial charge in [0, 0.05) is 5.56 Å². The molecule has 7 heteroatoms. The molecule has 18 heavy (non-hydrogen) atoms. The van der Waals surface area contributed by atoms with Gasteiger partial charge in [-0.15, -0.1) is 0 Å². The molecule has 1 aromatic carbocycles. The summed E-state index contributed by atoms with van der Waals surface area (Å²) < 4.78 is 4.44. The van der Waals surface area contributed by atoms with Crippen LogP contribution in [0.2, 0.25) is 0 Å². The van der Waals surface area contributed by atoms with Gasteiger partial charge in [0.25, 0.3) is 0 Å². The molecule has 7 nitrogen and oxygen atoms in total. The minimum atomic E-state index is -2.11. The first kappa shape index (κ1) is 13.9. The van der Waals surface area contributed by atoms with Crippen molar-refractivity contribution in [2.24, 2.45) is 0 Å². The van der Waals surface area contributed by atoms with Crippen LogP contribution in [0, 0.1) is 0 Å². The highest BCUT2D eigenvalue weighted by molar-refractivity contribution is 5.89. The standard InChI is InChI=1S/C11H12O7/c1-18-11(17)5-2-3-7(12)6(4-5)8(13)9(14)10(15)16/h2-4,8-9,12-14H,1H3,(H,15,16). The van der Waals surface area contributed by atoms with Crippen LogP contribution >= 0.6 is 0 Å². The maximum absolute atomic E-state index is 11.2. The highest BCUT2D eigenvalue weighted by Crippen LogP contribution is 2.27. The highest BCUT2D eigenvalue weighted by atomic mass is 16.5. The van der Waals surface area contributed by atoms with Crippen LogP contribution in [-0.2, 0) is 9.53 Å². The number of carboxylic acids is 1. The molecule has 0 aromatic heterocycles. The van der Waals surface area contributed by atoms with Crippen LogP contribution in [0.1, 0.15) is 22.0 Å². The Morgan fingerprint density at radius 1 is 1.28 bits per heavy atom. The number of ether oxygens (including phenoxy) is 1. The van der Waals surface area contributed by atoms with Crippen molar-refractivity contribution in [3.05, 3.63) is 29.3 Å². The number of aromatic hydroxyl groups is 1. The number of aliphatic hydroxyl groups is 2. The van der Waals surface area contributed by atoms with E-state index in [0.717, 1.165) is 19.2 Å². The van der Waals surface area contributed by atoms with Crippen LogP contribution in [0.4, 0.5) is 0 Å². The van der Waals surface area contributed by atoms with Crippen LogP contribution < -0.4 is 0 Å². The number of methoxy groups -OCH3 is 1. The molecular formula is C11H12O7. The predicted molar refractivity (Wildman–Crippen MR) is 58.0 cm³/mol. The minimum Gasteiger partial charge on any atom is -0.508 e. The highest BCUT2D eigenvalue weighted by Gasteiger charge is 2.28. The monoisotopic (exact) mass is 256 g/mol. The lowest BCUT2D eigenvalue weighted by molar-refractivity contribution is -0.153. The number of carbonyl (C=O) groups excluding carboxylic acids is 1. The molecule has 0 aliphatic heterocycles. The zero-order chi connectivity index (χ0) is 13.9. The summed E-state index contributed by atoms with van der Waals surface area (Å²) in [6, 6.07) is 3.39. The number of hydrogen-bond acceptors (Lipinski definition) is 6. The van der Waals surface area contributed by atoms with Gasteiger partial charge >= 0.3 is 11.9 Å². The van der Waals surface area contributed by atoms with Crippen molar-refractivity contribution < 1.29 is 34.8 Å². The number of carboxylic acid groups (broad SMARTS) is 1. The fourth-order valence-corrected chi connectivity index (χ4v) is 1.34. The van der Waals surface area contributed by atoms with Gasteiger partial charge in [-0.05, 0) is 18.2 Å². The molecule has 0 bridgehead atoms. The van der Waals surface area contributed by atoms with Crippen molar-refractivity contribution >= 4 is 11.9 Å². The van der Waals surface area contributed by atoms with E-state index >= 15 is 0 Å². The molecular weight excluding hydrogens is 244 g/mol. The third-order valence-corrected chi connectivity index (χ3v) is 2.32. The van der Waals surface area contributed by atoms with Crippen LogP contribution in [0.15, 0.2) is 18.2 Å². The Balaban J connectivity index is 3.15. The number of benzene rings is 1. The third kappa shape index (κ3) is 2.76. The topological polar surface area (TPSA) is 124 Å². The van der Waals surface area contributed by atoms with Gasteiger partial charge < -0.3 is 25.2 Å². The molecule has 2 unspecified atom stereocenters. The number of phenols is 1. The summed E-state index contributed by atoms with van der Waals surface area (Å²) in [6.45, 7) is 0. The van der Waals surface area contributed by atoms with E-state index in [-0.39, 0.29) is 11.1 Å². The summed E-state index contributed by atoms with van der Waals surface area (Å²) in [7, 11) is 1.15. The summed E-state index contributed by atoms with van der Waals surface area (Å²) in [5.41, 5.74) is -0.255. The van der Waals surface area contributed by atoms with E-state index in [2.05, 4.69) is 4.74 Å². The SMILES string of the molecule is COC(=O)c1ccc(O)c(C(O)C(O)C(=O)O)c1. The van der Waals surface area contributed by atoms with Gasteiger partial charge in [0.1, 0.15) is 11.9 Å². The van der Waals surface area contributed by atoms with Crippen LogP contribution in [0.3, 0.4) is 0 Å². The van der Waals surface area contributed by atoms with Gasteiger partial charge in [0.15, 0.2) is 6.10 Å². The van der Waals surface area contributed by atoms with Crippen LogP contribution in [0.5, 0.6) is 5.75 Å². The van der Waals surface area contributed by atoms with Crippen molar-refractivity contribution in [3.8, 4) is 5.75 Å². The number of carbonyl (C=O) groups is 2. The number of esters is 1. The Labute approximate surface area is 102 Å². The Hall–Kier alpha value is -2.12. The number of aliphatic hydroxyl groups excluding tert-OH is 2. The second kappa shape index (κ2) is 5.48. The first-order valence-electron chi connectivity index (χ1n) is 4.88. The first-order valence-corrected chi connectivity index (χ1v) is 4.88. The maximum Gasteiger partial charge on any atom is 0.337 e. The van der Waals surface area contributed by atoms with Crippen molar-refractivity contribution in [1.82, 2.24) is 0 Å². The second-order valence-electron chi connectivity index (χ2n) is 3.49. The van der Waals surface area contributed by atoms with Gasteiger partial charge in [-0.1, -0.05) is 0 Å². The van der Waals surface area contributed by atoms with E-state index in [4.69, 9.17) is 5.11 Å². The van der Waals surface area contributed by atoms with E-state index in [1.807, 2.05) is 0 Å². The molecule has 0 radical (unpaired) electrons. The van der Waals surface area contributed by atoms with Crippen molar-refractivity contribution in [2.75, 3.05) is 7.11 Å². The Kier molecular flexibility index (Phi) is 4.24. The largest absolute Gasteiger partial charge is 0.508 e. The molecule has 0 spiro atoms. The Morgan fingerprint density at radius 2 is 1.89 bits per heavy atom. The average Bonchev–Trinajstić information content (AvgIpc) is 2.36. The Morgan fingerprint density at radius 3 is 2.39 bits per heavy atom. The van der Waals surface area contributed by atoms with Crippen molar-refractivity contribution in [3.63, 3.8) is 0 Å². The summed E-state index contributed by atoms with van der Waals surface area (Å²) >= 11 is 0. The Bertz CT molecular complexity index is 468. The number of phenolic OH excluding ortho intramolecular Hbond substituents is 1. The molecule has 0 fully saturated rings. The van der Waals surface area contributed by atoms with Gasteiger partial charge in [0.2, 0.25) is 0 Å².